The molecule has 1 aliphatic carbocycles. The lowest BCUT2D eigenvalue weighted by Gasteiger charge is -2.14. The van der Waals surface area contributed by atoms with Crippen LogP contribution in [0.2, 0.25) is 0 Å². The predicted molar refractivity (Wildman–Crippen MR) is 137 cm³/mol. The summed E-state index contributed by atoms with van der Waals surface area (Å²) in [4.78, 5) is 39.1. The second kappa shape index (κ2) is 11.3. The molecule has 0 unspecified atom stereocenters. The van der Waals surface area contributed by atoms with E-state index in [9.17, 15) is 14.4 Å². The minimum absolute atomic E-state index is 0.236. The van der Waals surface area contributed by atoms with E-state index in [1.54, 1.807) is 32.4 Å². The molecule has 0 radical (unpaired) electrons. The number of benzene rings is 2. The first kappa shape index (κ1) is 25.2. The van der Waals surface area contributed by atoms with Gasteiger partial charge in [0.25, 0.3) is 11.8 Å². The molecular weight excluding hydrogens is 480 g/mol. The number of carbonyl (C=O) groups excluding carboxylic acids is 3. The van der Waals surface area contributed by atoms with Crippen molar-refractivity contribution in [3.05, 3.63) is 75.2 Å². The Morgan fingerprint density at radius 1 is 0.861 bits per heavy atom. The van der Waals surface area contributed by atoms with Crippen molar-refractivity contribution < 1.29 is 28.6 Å². The van der Waals surface area contributed by atoms with Crippen molar-refractivity contribution in [2.75, 3.05) is 26.6 Å². The molecule has 1 aliphatic rings. The summed E-state index contributed by atoms with van der Waals surface area (Å²) in [6.07, 6.45) is 3.75. The Kier molecular flexibility index (Phi) is 7.90. The average molecular weight is 509 g/mol. The molecule has 0 spiro atoms. The highest BCUT2D eigenvalue weighted by Crippen LogP contribution is 2.38. The van der Waals surface area contributed by atoms with Crippen LogP contribution in [0.3, 0.4) is 0 Å². The number of amides is 2. The maximum Gasteiger partial charge on any atom is 0.337 e. The number of aryl methyl sites for hydroxylation is 1. The van der Waals surface area contributed by atoms with Crippen LogP contribution in [0, 0.1) is 0 Å². The third-order valence-corrected chi connectivity index (χ3v) is 7.30. The molecule has 0 fully saturated rings. The van der Waals surface area contributed by atoms with Crippen LogP contribution in [0.5, 0.6) is 11.5 Å². The number of rotatable bonds is 8. The quantitative estimate of drug-likeness (QED) is 0.431. The van der Waals surface area contributed by atoms with Crippen LogP contribution in [0.25, 0.3) is 0 Å². The first-order chi connectivity index (χ1) is 17.4. The second-order valence-electron chi connectivity index (χ2n) is 8.31. The lowest BCUT2D eigenvalue weighted by molar-refractivity contribution is 0.0600. The normalized spacial score (nSPS) is 12.3. The van der Waals surface area contributed by atoms with Gasteiger partial charge in [-0.25, -0.2) is 4.79 Å². The lowest BCUT2D eigenvalue weighted by Crippen LogP contribution is -2.25. The molecule has 2 N–H and O–H groups in total. The molecule has 0 saturated heterocycles. The minimum Gasteiger partial charge on any atom is -0.493 e. The van der Waals surface area contributed by atoms with Crippen LogP contribution in [0.4, 0.5) is 5.00 Å². The van der Waals surface area contributed by atoms with E-state index in [0.29, 0.717) is 39.7 Å². The lowest BCUT2D eigenvalue weighted by atomic mass is 9.95. The van der Waals surface area contributed by atoms with Gasteiger partial charge >= 0.3 is 5.97 Å². The molecule has 0 aliphatic heterocycles. The van der Waals surface area contributed by atoms with Gasteiger partial charge in [0.2, 0.25) is 0 Å². The first-order valence-electron chi connectivity index (χ1n) is 11.6. The summed E-state index contributed by atoms with van der Waals surface area (Å²) in [6, 6.07) is 11.7. The van der Waals surface area contributed by atoms with Crippen molar-refractivity contribution in [1.82, 2.24) is 5.32 Å². The molecule has 1 aromatic heterocycles. The average Bonchev–Trinajstić information content (AvgIpc) is 3.28. The van der Waals surface area contributed by atoms with Crippen LogP contribution in [0.15, 0.2) is 42.5 Å². The van der Waals surface area contributed by atoms with E-state index in [-0.39, 0.29) is 11.8 Å². The summed E-state index contributed by atoms with van der Waals surface area (Å²) in [5.41, 5.74) is 3.13. The van der Waals surface area contributed by atoms with Gasteiger partial charge in [0.15, 0.2) is 11.5 Å². The Morgan fingerprint density at radius 3 is 2.25 bits per heavy atom. The van der Waals surface area contributed by atoms with E-state index in [4.69, 9.17) is 14.2 Å². The van der Waals surface area contributed by atoms with Gasteiger partial charge in [-0.05, 0) is 73.2 Å². The van der Waals surface area contributed by atoms with E-state index in [2.05, 4.69) is 10.6 Å². The summed E-state index contributed by atoms with van der Waals surface area (Å²) in [7, 11) is 4.44. The number of ether oxygens (including phenoxy) is 3. The standard InChI is InChI=1S/C27H28N2O6S/c1-33-20-13-8-16(14-21(20)34-2)15-28-25(31)23-19-6-4-5-7-22(19)36-26(23)29-24(30)17-9-11-18(12-10-17)27(32)35-3/h8-14H,4-7,15H2,1-3H3,(H,28,31)(H,29,30). The SMILES string of the molecule is COC(=O)c1ccc(C(=O)Nc2sc3c(c2C(=O)NCc2ccc(OC)c(OC)c2)CCCC3)cc1. The molecule has 2 amide bonds. The van der Waals surface area contributed by atoms with Crippen molar-refractivity contribution >= 4 is 34.1 Å². The van der Waals surface area contributed by atoms with Gasteiger partial charge < -0.3 is 24.8 Å². The molecule has 188 valence electrons. The van der Waals surface area contributed by atoms with E-state index in [1.807, 2.05) is 12.1 Å². The molecule has 1 heterocycles. The predicted octanol–water partition coefficient (Wildman–Crippen LogP) is 4.61. The topological polar surface area (TPSA) is 103 Å². The number of nitrogens with one attached hydrogen (secondary N) is 2. The molecule has 0 bridgehead atoms. The molecular formula is C27H28N2O6S. The number of esters is 1. The maximum absolute atomic E-state index is 13.4. The Morgan fingerprint density at radius 2 is 1.56 bits per heavy atom. The fourth-order valence-electron chi connectivity index (χ4n) is 4.21. The molecule has 36 heavy (non-hydrogen) atoms. The number of fused-ring (bicyclic) bond motifs is 1. The van der Waals surface area contributed by atoms with Crippen molar-refractivity contribution in [2.45, 2.75) is 32.2 Å². The molecule has 2 aromatic carbocycles. The van der Waals surface area contributed by atoms with Crippen molar-refractivity contribution in [1.29, 1.82) is 0 Å². The van der Waals surface area contributed by atoms with Crippen molar-refractivity contribution in [3.8, 4) is 11.5 Å². The smallest absolute Gasteiger partial charge is 0.337 e. The number of anilines is 1. The Labute approximate surface area is 213 Å². The highest BCUT2D eigenvalue weighted by molar-refractivity contribution is 7.17. The fourth-order valence-corrected chi connectivity index (χ4v) is 5.49. The zero-order valence-corrected chi connectivity index (χ0v) is 21.3. The third kappa shape index (κ3) is 5.36. The fraction of sp³-hybridized carbons (Fsp3) is 0.296. The Balaban J connectivity index is 1.54. The number of methoxy groups -OCH3 is 3. The summed E-state index contributed by atoms with van der Waals surface area (Å²) in [5.74, 6) is 0.147. The summed E-state index contributed by atoms with van der Waals surface area (Å²) in [5, 5.41) is 6.45. The highest BCUT2D eigenvalue weighted by atomic mass is 32.1. The monoisotopic (exact) mass is 508 g/mol. The molecule has 8 nitrogen and oxygen atoms in total. The van der Waals surface area contributed by atoms with Crippen LogP contribution in [-0.2, 0) is 24.1 Å². The Hall–Kier alpha value is -3.85. The van der Waals surface area contributed by atoms with Gasteiger partial charge in [-0.2, -0.15) is 0 Å². The van der Waals surface area contributed by atoms with Gasteiger partial charge in [-0.3, -0.25) is 9.59 Å². The largest absolute Gasteiger partial charge is 0.493 e. The van der Waals surface area contributed by atoms with Crippen molar-refractivity contribution in [3.63, 3.8) is 0 Å². The number of carbonyl (C=O) groups is 3. The van der Waals surface area contributed by atoms with Crippen LogP contribution in [0.1, 0.15) is 59.9 Å². The van der Waals surface area contributed by atoms with Gasteiger partial charge in [-0.15, -0.1) is 11.3 Å². The van der Waals surface area contributed by atoms with Crippen molar-refractivity contribution in [2.24, 2.45) is 0 Å². The van der Waals surface area contributed by atoms with Gasteiger partial charge in [0, 0.05) is 17.0 Å². The molecule has 0 atom stereocenters. The van der Waals surface area contributed by atoms with Crippen LogP contribution in [-0.4, -0.2) is 39.1 Å². The van der Waals surface area contributed by atoms with Gasteiger partial charge in [0.05, 0.1) is 32.5 Å². The van der Waals surface area contributed by atoms with E-state index in [0.717, 1.165) is 41.7 Å². The summed E-state index contributed by atoms with van der Waals surface area (Å²) < 4.78 is 15.3. The van der Waals surface area contributed by atoms with Crippen LogP contribution < -0.4 is 20.1 Å². The molecule has 4 rings (SSSR count). The molecule has 3 aromatic rings. The highest BCUT2D eigenvalue weighted by Gasteiger charge is 2.26. The zero-order chi connectivity index (χ0) is 25.7. The molecule has 9 heteroatoms. The first-order valence-corrected chi connectivity index (χ1v) is 12.4. The molecule has 0 saturated carbocycles. The zero-order valence-electron chi connectivity index (χ0n) is 20.4. The number of hydrogen-bond donors (Lipinski definition) is 2. The Bertz CT molecular complexity index is 1280. The van der Waals surface area contributed by atoms with Gasteiger partial charge in [0.1, 0.15) is 5.00 Å². The maximum atomic E-state index is 13.4. The third-order valence-electron chi connectivity index (χ3n) is 6.09. The van der Waals surface area contributed by atoms with E-state index in [1.165, 1.54) is 30.6 Å². The van der Waals surface area contributed by atoms with Gasteiger partial charge in [-0.1, -0.05) is 6.07 Å². The number of thiophene rings is 1. The number of hydrogen-bond acceptors (Lipinski definition) is 7. The second-order valence-corrected chi connectivity index (χ2v) is 9.42. The van der Waals surface area contributed by atoms with E-state index >= 15 is 0 Å². The van der Waals surface area contributed by atoms with E-state index < -0.39 is 5.97 Å². The minimum atomic E-state index is -0.471. The van der Waals surface area contributed by atoms with Crippen LogP contribution >= 0.6 is 11.3 Å². The summed E-state index contributed by atoms with van der Waals surface area (Å²) in [6.45, 7) is 0.298. The summed E-state index contributed by atoms with van der Waals surface area (Å²) >= 11 is 1.45.